The number of carbonyl (C=O) groups is 2. The van der Waals surface area contributed by atoms with Crippen LogP contribution in [-0.2, 0) is 9.53 Å². The van der Waals surface area contributed by atoms with Crippen molar-refractivity contribution in [1.82, 2.24) is 15.5 Å². The molecule has 0 aliphatic carbocycles. The van der Waals surface area contributed by atoms with Gasteiger partial charge in [-0.05, 0) is 19.4 Å². The zero-order valence-electron chi connectivity index (χ0n) is 14.6. The summed E-state index contributed by atoms with van der Waals surface area (Å²) in [6.45, 7) is 5.77. The number of benzene rings is 1. The van der Waals surface area contributed by atoms with Crippen LogP contribution in [0.5, 0.6) is 0 Å². The topological polar surface area (TPSA) is 70.7 Å². The molecule has 25 heavy (non-hydrogen) atoms. The predicted molar refractivity (Wildman–Crippen MR) is 95.6 cm³/mol. The maximum absolute atomic E-state index is 12.5. The summed E-state index contributed by atoms with van der Waals surface area (Å²) in [5.74, 6) is 0.00700. The third-order valence-corrected chi connectivity index (χ3v) is 4.93. The molecule has 2 atom stereocenters. The molecule has 2 heterocycles. The molecule has 2 saturated heterocycles. The van der Waals surface area contributed by atoms with E-state index in [1.54, 1.807) is 0 Å². The fraction of sp³-hybridized carbons (Fsp3) is 0.579. The van der Waals surface area contributed by atoms with Gasteiger partial charge in [0.05, 0.1) is 19.3 Å². The lowest BCUT2D eigenvalue weighted by Crippen LogP contribution is -2.42. The molecule has 0 bridgehead atoms. The van der Waals surface area contributed by atoms with E-state index in [-0.39, 0.29) is 23.7 Å². The second-order valence-electron chi connectivity index (χ2n) is 6.72. The van der Waals surface area contributed by atoms with E-state index in [1.807, 2.05) is 30.3 Å². The highest BCUT2D eigenvalue weighted by molar-refractivity contribution is 5.99. The van der Waals surface area contributed by atoms with Crippen molar-refractivity contribution in [1.29, 1.82) is 0 Å². The van der Waals surface area contributed by atoms with Gasteiger partial charge in [0.15, 0.2) is 5.78 Å². The van der Waals surface area contributed by atoms with Gasteiger partial charge in [-0.1, -0.05) is 30.3 Å². The minimum absolute atomic E-state index is 0.00494. The van der Waals surface area contributed by atoms with Crippen molar-refractivity contribution in [2.45, 2.75) is 18.9 Å². The SMILES string of the molecule is O=C(c1ccccc1)C1CNC(C(=O)NCCCN2CCOCC2)C1. The molecule has 1 aromatic carbocycles. The number of hydrogen-bond donors (Lipinski definition) is 2. The lowest BCUT2D eigenvalue weighted by molar-refractivity contribution is -0.122. The van der Waals surface area contributed by atoms with Gasteiger partial charge in [-0.3, -0.25) is 14.5 Å². The molecule has 0 spiro atoms. The summed E-state index contributed by atoms with van der Waals surface area (Å²) in [6.07, 6.45) is 1.51. The summed E-state index contributed by atoms with van der Waals surface area (Å²) in [5, 5.41) is 6.18. The van der Waals surface area contributed by atoms with Crippen molar-refractivity contribution in [3.8, 4) is 0 Å². The van der Waals surface area contributed by atoms with Crippen molar-refractivity contribution in [2.75, 3.05) is 45.9 Å². The molecular weight excluding hydrogens is 318 g/mol. The maximum atomic E-state index is 12.5. The number of morpholine rings is 1. The minimum Gasteiger partial charge on any atom is -0.379 e. The molecule has 2 aliphatic heterocycles. The Morgan fingerprint density at radius 2 is 1.96 bits per heavy atom. The zero-order valence-corrected chi connectivity index (χ0v) is 14.6. The predicted octanol–water partition coefficient (Wildman–Crippen LogP) is 0.686. The van der Waals surface area contributed by atoms with Crippen LogP contribution in [-0.4, -0.2) is 68.6 Å². The Labute approximate surface area is 148 Å². The van der Waals surface area contributed by atoms with Crippen LogP contribution in [0.4, 0.5) is 0 Å². The molecule has 2 fully saturated rings. The third-order valence-electron chi connectivity index (χ3n) is 4.93. The Balaban J connectivity index is 1.36. The summed E-state index contributed by atoms with van der Waals surface area (Å²) in [5.41, 5.74) is 0.723. The third kappa shape index (κ3) is 5.11. The van der Waals surface area contributed by atoms with Crippen molar-refractivity contribution in [2.24, 2.45) is 5.92 Å². The number of ketones is 1. The van der Waals surface area contributed by atoms with Gasteiger partial charge in [0.1, 0.15) is 0 Å². The Bertz CT molecular complexity index is 573. The lowest BCUT2D eigenvalue weighted by Gasteiger charge is -2.26. The van der Waals surface area contributed by atoms with Crippen LogP contribution in [0.15, 0.2) is 30.3 Å². The summed E-state index contributed by atoms with van der Waals surface area (Å²) >= 11 is 0. The molecule has 6 heteroatoms. The second kappa shape index (κ2) is 9.08. The summed E-state index contributed by atoms with van der Waals surface area (Å²) in [7, 11) is 0. The monoisotopic (exact) mass is 345 g/mol. The van der Waals surface area contributed by atoms with Gasteiger partial charge in [-0.15, -0.1) is 0 Å². The molecule has 3 rings (SSSR count). The van der Waals surface area contributed by atoms with Crippen molar-refractivity contribution in [3.05, 3.63) is 35.9 Å². The van der Waals surface area contributed by atoms with E-state index < -0.39 is 0 Å². The Morgan fingerprint density at radius 3 is 2.72 bits per heavy atom. The van der Waals surface area contributed by atoms with Gasteiger partial charge in [-0.2, -0.15) is 0 Å². The molecule has 2 N–H and O–H groups in total. The number of Topliss-reactive ketones (excluding diaryl/α,β-unsaturated/α-hetero) is 1. The van der Waals surface area contributed by atoms with Gasteiger partial charge >= 0.3 is 0 Å². The maximum Gasteiger partial charge on any atom is 0.237 e. The Morgan fingerprint density at radius 1 is 1.20 bits per heavy atom. The van der Waals surface area contributed by atoms with Crippen molar-refractivity contribution in [3.63, 3.8) is 0 Å². The smallest absolute Gasteiger partial charge is 0.237 e. The first kappa shape index (κ1) is 18.0. The van der Waals surface area contributed by atoms with Gasteiger partial charge in [0.2, 0.25) is 5.91 Å². The van der Waals surface area contributed by atoms with Crippen LogP contribution >= 0.6 is 0 Å². The number of nitrogens with zero attached hydrogens (tertiary/aromatic N) is 1. The van der Waals surface area contributed by atoms with Gasteiger partial charge in [0, 0.05) is 37.7 Å². The largest absolute Gasteiger partial charge is 0.379 e. The van der Waals surface area contributed by atoms with Crippen LogP contribution < -0.4 is 10.6 Å². The normalized spacial score (nSPS) is 24.2. The average Bonchev–Trinajstić information content (AvgIpc) is 3.16. The van der Waals surface area contributed by atoms with Crippen molar-refractivity contribution < 1.29 is 14.3 Å². The highest BCUT2D eigenvalue weighted by atomic mass is 16.5. The first-order valence-electron chi connectivity index (χ1n) is 9.14. The first-order valence-corrected chi connectivity index (χ1v) is 9.14. The molecule has 6 nitrogen and oxygen atoms in total. The van der Waals surface area contributed by atoms with Crippen molar-refractivity contribution >= 4 is 11.7 Å². The zero-order chi connectivity index (χ0) is 17.5. The highest BCUT2D eigenvalue weighted by Gasteiger charge is 2.33. The van der Waals surface area contributed by atoms with E-state index in [0.29, 0.717) is 19.5 Å². The number of nitrogens with one attached hydrogen (secondary N) is 2. The molecule has 0 aromatic heterocycles. The van der Waals surface area contributed by atoms with E-state index >= 15 is 0 Å². The number of ether oxygens (including phenoxy) is 1. The average molecular weight is 345 g/mol. The van der Waals surface area contributed by atoms with Crippen LogP contribution in [0.2, 0.25) is 0 Å². The Kier molecular flexibility index (Phi) is 6.55. The van der Waals surface area contributed by atoms with Crippen LogP contribution in [0.1, 0.15) is 23.2 Å². The quantitative estimate of drug-likeness (QED) is 0.562. The summed E-state index contributed by atoms with van der Waals surface area (Å²) in [6, 6.07) is 9.04. The lowest BCUT2D eigenvalue weighted by atomic mass is 9.95. The minimum atomic E-state index is -0.263. The Hall–Kier alpha value is -1.76. The highest BCUT2D eigenvalue weighted by Crippen LogP contribution is 2.19. The first-order chi connectivity index (χ1) is 12.2. The molecule has 1 aromatic rings. The van der Waals surface area contributed by atoms with Crippen LogP contribution in [0.3, 0.4) is 0 Å². The number of carbonyl (C=O) groups excluding carboxylic acids is 2. The van der Waals surface area contributed by atoms with E-state index in [4.69, 9.17) is 4.74 Å². The summed E-state index contributed by atoms with van der Waals surface area (Å²) in [4.78, 5) is 27.1. The molecule has 136 valence electrons. The molecule has 1 amide bonds. The van der Waals surface area contributed by atoms with Gasteiger partial charge in [0.25, 0.3) is 0 Å². The fourth-order valence-corrected chi connectivity index (χ4v) is 3.44. The number of amides is 1. The second-order valence-corrected chi connectivity index (χ2v) is 6.72. The standard InChI is InChI=1S/C19H27N3O3/c23-18(15-5-2-1-3-6-15)16-13-17(21-14-16)19(24)20-7-4-8-22-9-11-25-12-10-22/h1-3,5-6,16-17,21H,4,7-14H2,(H,20,24). The molecule has 0 saturated carbocycles. The van der Waals surface area contributed by atoms with Crippen LogP contribution in [0, 0.1) is 5.92 Å². The van der Waals surface area contributed by atoms with E-state index in [1.165, 1.54) is 0 Å². The molecular formula is C19H27N3O3. The van der Waals surface area contributed by atoms with E-state index in [9.17, 15) is 9.59 Å². The van der Waals surface area contributed by atoms with Crippen LogP contribution in [0.25, 0.3) is 0 Å². The van der Waals surface area contributed by atoms with Gasteiger partial charge in [-0.25, -0.2) is 0 Å². The molecule has 2 aliphatic rings. The number of hydrogen-bond acceptors (Lipinski definition) is 5. The fourth-order valence-electron chi connectivity index (χ4n) is 3.44. The van der Waals surface area contributed by atoms with E-state index in [2.05, 4.69) is 15.5 Å². The molecule has 0 radical (unpaired) electrons. The van der Waals surface area contributed by atoms with Gasteiger partial charge < -0.3 is 15.4 Å². The van der Waals surface area contributed by atoms with E-state index in [0.717, 1.165) is 44.8 Å². The summed E-state index contributed by atoms with van der Waals surface area (Å²) < 4.78 is 5.33. The molecule has 2 unspecified atom stereocenters. The number of rotatable bonds is 7.